The number of nitrogens with zero attached hydrogens (tertiary/aromatic N) is 2. The lowest BCUT2D eigenvalue weighted by molar-refractivity contribution is -0.137. The Bertz CT molecular complexity index is 1340. The molecule has 0 bridgehead atoms. The van der Waals surface area contributed by atoms with Gasteiger partial charge in [-0.3, -0.25) is 0 Å². The Morgan fingerprint density at radius 1 is 1.14 bits per heavy atom. The number of ether oxygens (including phenoxy) is 1. The Labute approximate surface area is 206 Å². The maximum Gasteiger partial charge on any atom is 0.416 e. The third kappa shape index (κ3) is 4.91. The number of carboxylic acids is 1. The maximum atomic E-state index is 13.7. The van der Waals surface area contributed by atoms with Crippen LogP contribution in [0.1, 0.15) is 52.7 Å². The summed E-state index contributed by atoms with van der Waals surface area (Å²) in [5, 5.41) is 13.4. The molecule has 6 nitrogen and oxygen atoms in total. The van der Waals surface area contributed by atoms with Crippen LogP contribution in [0.4, 0.5) is 13.2 Å². The average Bonchev–Trinajstić information content (AvgIpc) is 3.38. The summed E-state index contributed by atoms with van der Waals surface area (Å²) in [6, 6.07) is 10.2. The molecule has 0 amide bonds. The van der Waals surface area contributed by atoms with Crippen molar-refractivity contribution < 1.29 is 32.6 Å². The van der Waals surface area contributed by atoms with Crippen molar-refractivity contribution in [1.29, 1.82) is 0 Å². The van der Waals surface area contributed by atoms with Crippen LogP contribution in [0.5, 0.6) is 5.88 Å². The first-order valence-corrected chi connectivity index (χ1v) is 11.4. The second-order valence-electron chi connectivity index (χ2n) is 8.54. The van der Waals surface area contributed by atoms with Crippen molar-refractivity contribution in [1.82, 2.24) is 4.98 Å². The zero-order valence-electron chi connectivity index (χ0n) is 20.0. The van der Waals surface area contributed by atoms with Crippen LogP contribution in [0.25, 0.3) is 22.3 Å². The summed E-state index contributed by atoms with van der Waals surface area (Å²) in [6.45, 7) is 4.08. The van der Waals surface area contributed by atoms with Crippen molar-refractivity contribution in [3.05, 3.63) is 70.9 Å². The molecule has 0 fully saturated rings. The second-order valence-corrected chi connectivity index (χ2v) is 8.54. The number of oxime groups is 1. The molecule has 4 rings (SSSR count). The van der Waals surface area contributed by atoms with E-state index in [9.17, 15) is 23.1 Å². The highest BCUT2D eigenvalue weighted by Gasteiger charge is 2.33. The van der Waals surface area contributed by atoms with Gasteiger partial charge in [0, 0.05) is 29.7 Å². The zero-order valence-corrected chi connectivity index (χ0v) is 20.0. The van der Waals surface area contributed by atoms with Crippen molar-refractivity contribution >= 4 is 11.7 Å². The van der Waals surface area contributed by atoms with Crippen molar-refractivity contribution in [2.45, 2.75) is 38.8 Å². The van der Waals surface area contributed by atoms with E-state index in [1.54, 1.807) is 31.3 Å². The van der Waals surface area contributed by atoms with E-state index >= 15 is 0 Å². The lowest BCUT2D eigenvalue weighted by Crippen LogP contribution is -2.14. The molecule has 188 valence electrons. The number of pyridine rings is 1. The standard InChI is InChI=1S/C27H25F3N2O4/c1-4-19(24-9-10-36-32-24)22-13-18(27(28,29)30)6-8-21(22)23-12-17(14-31-25(23)35-3)20-7-5-16(26(33)34)11-15(20)2/h5-8,11-14,19H,4,9-10H2,1-3H3,(H,33,34). The lowest BCUT2D eigenvalue weighted by Gasteiger charge is -2.22. The number of rotatable bonds is 7. The first kappa shape index (κ1) is 25.2. The minimum Gasteiger partial charge on any atom is -0.481 e. The highest BCUT2D eigenvalue weighted by molar-refractivity contribution is 5.94. The Kier molecular flexibility index (Phi) is 7.01. The number of aromatic nitrogens is 1. The Morgan fingerprint density at radius 3 is 2.47 bits per heavy atom. The van der Waals surface area contributed by atoms with Crippen LogP contribution in [0, 0.1) is 6.92 Å². The van der Waals surface area contributed by atoms with E-state index in [0.29, 0.717) is 47.4 Å². The number of carboxylic acid groups (broad SMARTS) is 1. The van der Waals surface area contributed by atoms with Crippen LogP contribution in [-0.2, 0) is 11.0 Å². The normalized spacial score (nSPS) is 14.2. The van der Waals surface area contributed by atoms with Crippen LogP contribution in [0.2, 0.25) is 0 Å². The maximum absolute atomic E-state index is 13.7. The molecule has 1 aromatic heterocycles. The van der Waals surface area contributed by atoms with Gasteiger partial charge in [0.25, 0.3) is 0 Å². The Hall–Kier alpha value is -3.88. The monoisotopic (exact) mass is 498 g/mol. The highest BCUT2D eigenvalue weighted by Crippen LogP contribution is 2.42. The summed E-state index contributed by atoms with van der Waals surface area (Å²) >= 11 is 0. The van der Waals surface area contributed by atoms with Gasteiger partial charge in [-0.1, -0.05) is 24.2 Å². The summed E-state index contributed by atoms with van der Waals surface area (Å²) in [5.74, 6) is -1.15. The fourth-order valence-electron chi connectivity index (χ4n) is 4.55. The molecule has 1 unspecified atom stereocenters. The van der Waals surface area contributed by atoms with E-state index in [-0.39, 0.29) is 17.4 Å². The molecule has 0 radical (unpaired) electrons. The second kappa shape index (κ2) is 10.0. The molecule has 9 heteroatoms. The number of hydrogen-bond acceptors (Lipinski definition) is 5. The van der Waals surface area contributed by atoms with Gasteiger partial charge < -0.3 is 14.7 Å². The van der Waals surface area contributed by atoms with Crippen LogP contribution >= 0.6 is 0 Å². The highest BCUT2D eigenvalue weighted by atomic mass is 19.4. The minimum absolute atomic E-state index is 0.160. The van der Waals surface area contributed by atoms with E-state index in [0.717, 1.165) is 17.2 Å². The Balaban J connectivity index is 1.92. The summed E-state index contributed by atoms with van der Waals surface area (Å²) in [5.41, 5.74) is 3.81. The summed E-state index contributed by atoms with van der Waals surface area (Å²) in [7, 11) is 1.45. The number of carbonyl (C=O) groups is 1. The molecule has 36 heavy (non-hydrogen) atoms. The molecule has 1 atom stereocenters. The van der Waals surface area contributed by atoms with E-state index in [4.69, 9.17) is 9.57 Å². The first-order valence-electron chi connectivity index (χ1n) is 11.4. The number of methoxy groups -OCH3 is 1. The fraction of sp³-hybridized carbons (Fsp3) is 0.296. The quantitative estimate of drug-likeness (QED) is 0.391. The average molecular weight is 499 g/mol. The molecule has 1 N–H and O–H groups in total. The zero-order chi connectivity index (χ0) is 26.0. The summed E-state index contributed by atoms with van der Waals surface area (Å²) in [4.78, 5) is 20.9. The first-order chi connectivity index (χ1) is 17.1. The van der Waals surface area contributed by atoms with Crippen LogP contribution in [-0.4, -0.2) is 35.5 Å². The summed E-state index contributed by atoms with van der Waals surface area (Å²) in [6.07, 6.45) is -1.84. The number of hydrogen-bond donors (Lipinski definition) is 1. The predicted octanol–water partition coefficient (Wildman–Crippen LogP) is 6.72. The molecule has 0 spiro atoms. The van der Waals surface area contributed by atoms with E-state index in [2.05, 4.69) is 10.1 Å². The molecule has 1 aliphatic rings. The molecule has 3 aromatic rings. The molecular formula is C27H25F3N2O4. The summed E-state index contributed by atoms with van der Waals surface area (Å²) < 4.78 is 46.5. The third-order valence-electron chi connectivity index (χ3n) is 6.32. The molecule has 1 aliphatic heterocycles. The number of halogens is 3. The van der Waals surface area contributed by atoms with Gasteiger partial charge in [-0.25, -0.2) is 9.78 Å². The molecule has 0 saturated carbocycles. The van der Waals surface area contributed by atoms with Gasteiger partial charge in [-0.05, 0) is 65.9 Å². The van der Waals surface area contributed by atoms with Gasteiger partial charge in [0.05, 0.1) is 23.9 Å². The molecule has 2 aromatic carbocycles. The van der Waals surface area contributed by atoms with Crippen LogP contribution < -0.4 is 4.74 Å². The van der Waals surface area contributed by atoms with Gasteiger partial charge in [-0.2, -0.15) is 13.2 Å². The SMILES string of the molecule is CCC(C1=NOCC1)c1cc(C(F)(F)F)ccc1-c1cc(-c2ccc(C(=O)O)cc2C)cnc1OC. The lowest BCUT2D eigenvalue weighted by atomic mass is 9.83. The minimum atomic E-state index is -4.51. The molecular weight excluding hydrogens is 473 g/mol. The van der Waals surface area contributed by atoms with Crippen LogP contribution in [0.15, 0.2) is 53.8 Å². The van der Waals surface area contributed by atoms with Gasteiger partial charge >= 0.3 is 12.1 Å². The van der Waals surface area contributed by atoms with Crippen molar-refractivity contribution in [2.24, 2.45) is 5.16 Å². The molecule has 2 heterocycles. The van der Waals surface area contributed by atoms with Gasteiger partial charge in [-0.15, -0.1) is 0 Å². The largest absolute Gasteiger partial charge is 0.481 e. The molecule has 0 saturated heterocycles. The van der Waals surface area contributed by atoms with Crippen molar-refractivity contribution in [3.8, 4) is 28.1 Å². The number of alkyl halides is 3. The van der Waals surface area contributed by atoms with Crippen molar-refractivity contribution in [3.63, 3.8) is 0 Å². The van der Waals surface area contributed by atoms with Crippen molar-refractivity contribution in [2.75, 3.05) is 13.7 Å². The van der Waals surface area contributed by atoms with Gasteiger partial charge in [0.15, 0.2) is 0 Å². The number of benzene rings is 2. The molecule has 0 aliphatic carbocycles. The van der Waals surface area contributed by atoms with Gasteiger partial charge in [0.2, 0.25) is 5.88 Å². The van der Waals surface area contributed by atoms with Crippen LogP contribution in [0.3, 0.4) is 0 Å². The number of aromatic carboxylic acids is 1. The fourth-order valence-corrected chi connectivity index (χ4v) is 4.55. The van der Waals surface area contributed by atoms with E-state index in [1.807, 2.05) is 6.92 Å². The Morgan fingerprint density at radius 2 is 1.89 bits per heavy atom. The van der Waals surface area contributed by atoms with E-state index < -0.39 is 17.7 Å². The van der Waals surface area contributed by atoms with Gasteiger partial charge in [0.1, 0.15) is 6.61 Å². The third-order valence-corrected chi connectivity index (χ3v) is 6.32. The topological polar surface area (TPSA) is 81.0 Å². The number of aryl methyl sites for hydroxylation is 1. The van der Waals surface area contributed by atoms with E-state index in [1.165, 1.54) is 25.3 Å². The predicted molar refractivity (Wildman–Crippen MR) is 129 cm³/mol. The smallest absolute Gasteiger partial charge is 0.416 e.